The fourth-order valence-corrected chi connectivity index (χ4v) is 2.17. The van der Waals surface area contributed by atoms with E-state index in [9.17, 15) is 4.79 Å². The molecule has 0 spiro atoms. The lowest BCUT2D eigenvalue weighted by molar-refractivity contribution is 0.351. The molecule has 1 aromatic heterocycles. The van der Waals surface area contributed by atoms with Gasteiger partial charge in [-0.2, -0.15) is 0 Å². The maximum atomic E-state index is 11.3. The highest BCUT2D eigenvalue weighted by atomic mass is 79.9. The average molecular weight is 299 g/mol. The summed E-state index contributed by atoms with van der Waals surface area (Å²) in [5, 5.41) is 1.47. The Balaban J connectivity index is 2.91. The minimum atomic E-state index is -0.412. The normalized spacial score (nSPS) is 10.5. The van der Waals surface area contributed by atoms with Crippen molar-refractivity contribution in [2.24, 2.45) is 0 Å². The Morgan fingerprint density at radius 3 is 2.65 bits per heavy atom. The smallest absolute Gasteiger partial charge is 0.336 e. The summed E-state index contributed by atoms with van der Waals surface area (Å²) in [6, 6.07) is 4.97. The molecule has 1 heterocycles. The summed E-state index contributed by atoms with van der Waals surface area (Å²) in [7, 11) is 3.06. The largest absolute Gasteiger partial charge is 0.493 e. The van der Waals surface area contributed by atoms with Crippen LogP contribution in [0.4, 0.5) is 0 Å². The van der Waals surface area contributed by atoms with Crippen LogP contribution in [0.1, 0.15) is 5.56 Å². The quantitative estimate of drug-likeness (QED) is 0.646. The molecule has 4 nitrogen and oxygen atoms in total. The number of fused-ring (bicyclic) bond motifs is 1. The molecule has 0 aliphatic carbocycles. The number of ether oxygens (including phenoxy) is 2. The zero-order valence-corrected chi connectivity index (χ0v) is 11.0. The topological polar surface area (TPSA) is 48.7 Å². The molecule has 0 N–H and O–H groups in total. The van der Waals surface area contributed by atoms with Crippen molar-refractivity contribution < 1.29 is 13.9 Å². The lowest BCUT2D eigenvalue weighted by Crippen LogP contribution is -1.99. The van der Waals surface area contributed by atoms with Gasteiger partial charge in [0.1, 0.15) is 0 Å². The van der Waals surface area contributed by atoms with Crippen molar-refractivity contribution in [1.29, 1.82) is 0 Å². The average Bonchev–Trinajstić information content (AvgIpc) is 2.36. The number of benzene rings is 1. The second-order valence-corrected chi connectivity index (χ2v) is 3.96. The molecule has 0 saturated carbocycles. The third kappa shape index (κ3) is 2.02. The van der Waals surface area contributed by atoms with Crippen LogP contribution in [0.5, 0.6) is 11.5 Å². The molecular weight excluding hydrogens is 288 g/mol. The van der Waals surface area contributed by atoms with E-state index in [-0.39, 0.29) is 0 Å². The van der Waals surface area contributed by atoms with E-state index in [1.54, 1.807) is 13.2 Å². The van der Waals surface area contributed by atoms with E-state index in [0.717, 1.165) is 10.9 Å². The number of hydrogen-bond donors (Lipinski definition) is 0. The molecule has 0 amide bonds. The first kappa shape index (κ1) is 12.0. The van der Waals surface area contributed by atoms with Gasteiger partial charge in [-0.25, -0.2) is 4.79 Å². The van der Waals surface area contributed by atoms with E-state index in [1.807, 2.05) is 6.07 Å². The third-order valence-corrected chi connectivity index (χ3v) is 3.09. The van der Waals surface area contributed by atoms with Gasteiger partial charge >= 0.3 is 5.63 Å². The molecular formula is C12H11BrO4. The first-order chi connectivity index (χ1) is 8.21. The molecule has 0 bridgehead atoms. The lowest BCUT2D eigenvalue weighted by atomic mass is 10.1. The Labute approximate surface area is 106 Å². The van der Waals surface area contributed by atoms with Crippen LogP contribution in [-0.4, -0.2) is 14.2 Å². The predicted octanol–water partition coefficient (Wildman–Crippen LogP) is 2.71. The molecule has 1 aromatic carbocycles. The Morgan fingerprint density at radius 2 is 2.06 bits per heavy atom. The van der Waals surface area contributed by atoms with Crippen molar-refractivity contribution in [3.05, 3.63) is 34.2 Å². The molecule has 2 aromatic rings. The number of hydrogen-bond acceptors (Lipinski definition) is 4. The molecule has 0 fully saturated rings. The standard InChI is InChI=1S/C12H11BrO4/c1-15-9-5-7(6-13)8-3-4-10(14)17-11(8)12(9)16-2/h3-5H,6H2,1-2H3. The highest BCUT2D eigenvalue weighted by Crippen LogP contribution is 2.37. The van der Waals surface area contributed by atoms with Crippen LogP contribution < -0.4 is 15.1 Å². The summed E-state index contributed by atoms with van der Waals surface area (Å²) in [6.07, 6.45) is 0. The second-order valence-electron chi connectivity index (χ2n) is 3.40. The zero-order chi connectivity index (χ0) is 12.4. The highest BCUT2D eigenvalue weighted by Gasteiger charge is 2.15. The van der Waals surface area contributed by atoms with E-state index in [1.165, 1.54) is 13.2 Å². The van der Waals surface area contributed by atoms with Gasteiger partial charge in [-0.05, 0) is 17.7 Å². The van der Waals surface area contributed by atoms with Gasteiger partial charge in [0.15, 0.2) is 11.3 Å². The molecule has 0 aliphatic rings. The second kappa shape index (κ2) is 4.79. The summed E-state index contributed by atoms with van der Waals surface area (Å²) in [5.41, 5.74) is 0.972. The van der Waals surface area contributed by atoms with E-state index >= 15 is 0 Å². The van der Waals surface area contributed by atoms with Gasteiger partial charge in [0.25, 0.3) is 0 Å². The third-order valence-electron chi connectivity index (χ3n) is 2.48. The Kier molecular flexibility index (Phi) is 3.38. The zero-order valence-electron chi connectivity index (χ0n) is 9.45. The maximum Gasteiger partial charge on any atom is 0.336 e. The molecule has 5 heteroatoms. The fourth-order valence-electron chi connectivity index (χ4n) is 1.71. The summed E-state index contributed by atoms with van der Waals surface area (Å²) < 4.78 is 15.6. The highest BCUT2D eigenvalue weighted by molar-refractivity contribution is 9.08. The Bertz CT molecular complexity index is 603. The molecule has 0 saturated heterocycles. The van der Waals surface area contributed by atoms with Gasteiger partial charge < -0.3 is 13.9 Å². The summed E-state index contributed by atoms with van der Waals surface area (Å²) in [5.74, 6) is 0.980. The van der Waals surface area contributed by atoms with Crippen molar-refractivity contribution in [3.63, 3.8) is 0 Å². The van der Waals surface area contributed by atoms with Crippen molar-refractivity contribution in [2.75, 3.05) is 14.2 Å². The van der Waals surface area contributed by atoms with Crippen molar-refractivity contribution in [1.82, 2.24) is 0 Å². The monoisotopic (exact) mass is 298 g/mol. The molecule has 17 heavy (non-hydrogen) atoms. The van der Waals surface area contributed by atoms with Crippen LogP contribution in [0.15, 0.2) is 27.4 Å². The molecule has 0 atom stereocenters. The van der Waals surface area contributed by atoms with E-state index in [4.69, 9.17) is 13.9 Å². The van der Waals surface area contributed by atoms with Crippen LogP contribution in [0, 0.1) is 0 Å². The fraction of sp³-hybridized carbons (Fsp3) is 0.250. The van der Waals surface area contributed by atoms with Crippen molar-refractivity contribution >= 4 is 26.9 Å². The van der Waals surface area contributed by atoms with E-state index < -0.39 is 5.63 Å². The molecule has 90 valence electrons. The van der Waals surface area contributed by atoms with Crippen LogP contribution in [0.2, 0.25) is 0 Å². The lowest BCUT2D eigenvalue weighted by Gasteiger charge is -2.11. The SMILES string of the molecule is COc1cc(CBr)c2ccc(=O)oc2c1OC. The van der Waals surface area contributed by atoms with Crippen LogP contribution in [0.3, 0.4) is 0 Å². The Morgan fingerprint density at radius 1 is 1.29 bits per heavy atom. The molecule has 0 unspecified atom stereocenters. The first-order valence-electron chi connectivity index (χ1n) is 4.95. The van der Waals surface area contributed by atoms with Gasteiger partial charge in [-0.1, -0.05) is 15.9 Å². The van der Waals surface area contributed by atoms with Gasteiger partial charge in [0.2, 0.25) is 5.75 Å². The minimum absolute atomic E-state index is 0.411. The number of alkyl halides is 1. The van der Waals surface area contributed by atoms with Crippen molar-refractivity contribution in [2.45, 2.75) is 5.33 Å². The summed E-state index contributed by atoms with van der Waals surface area (Å²) >= 11 is 3.39. The molecule has 2 rings (SSSR count). The maximum absolute atomic E-state index is 11.3. The number of halogens is 1. The molecule has 0 aliphatic heterocycles. The van der Waals surface area contributed by atoms with Gasteiger partial charge in [0.05, 0.1) is 14.2 Å². The molecule has 0 radical (unpaired) electrons. The van der Waals surface area contributed by atoms with Gasteiger partial charge in [-0.3, -0.25) is 0 Å². The minimum Gasteiger partial charge on any atom is -0.493 e. The van der Waals surface area contributed by atoms with Crippen LogP contribution >= 0.6 is 15.9 Å². The predicted molar refractivity (Wildman–Crippen MR) is 68.2 cm³/mol. The summed E-state index contributed by atoms with van der Waals surface area (Å²) in [6.45, 7) is 0. The number of rotatable bonds is 3. The van der Waals surface area contributed by atoms with Crippen LogP contribution in [0.25, 0.3) is 11.0 Å². The van der Waals surface area contributed by atoms with Crippen LogP contribution in [-0.2, 0) is 5.33 Å². The first-order valence-corrected chi connectivity index (χ1v) is 6.07. The number of methoxy groups -OCH3 is 2. The van der Waals surface area contributed by atoms with Gasteiger partial charge in [-0.15, -0.1) is 0 Å². The van der Waals surface area contributed by atoms with Crippen molar-refractivity contribution in [3.8, 4) is 11.5 Å². The van der Waals surface area contributed by atoms with Gasteiger partial charge in [0, 0.05) is 16.8 Å². The van der Waals surface area contributed by atoms with E-state index in [2.05, 4.69) is 15.9 Å². The van der Waals surface area contributed by atoms with E-state index in [0.29, 0.717) is 22.4 Å². The Hall–Kier alpha value is -1.49. The summed E-state index contributed by atoms with van der Waals surface area (Å²) in [4.78, 5) is 11.3.